The van der Waals surface area contributed by atoms with Gasteiger partial charge in [0, 0.05) is 12.6 Å². The second kappa shape index (κ2) is 8.90. The van der Waals surface area contributed by atoms with Crippen LogP contribution in [0.1, 0.15) is 18.9 Å². The summed E-state index contributed by atoms with van der Waals surface area (Å²) in [5.74, 6) is 0.495. The molecule has 0 spiro atoms. The van der Waals surface area contributed by atoms with Gasteiger partial charge in [0.05, 0.1) is 6.42 Å². The number of amides is 1. The van der Waals surface area contributed by atoms with Gasteiger partial charge in [-0.25, -0.2) is 0 Å². The molecule has 0 radical (unpaired) electrons. The van der Waals surface area contributed by atoms with E-state index in [0.29, 0.717) is 5.92 Å². The van der Waals surface area contributed by atoms with E-state index in [1.165, 1.54) is 12.1 Å². The summed E-state index contributed by atoms with van der Waals surface area (Å²) in [4.78, 5) is 12.0. The largest absolute Gasteiger partial charge is 0.435 e. The second-order valence-electron chi connectivity index (χ2n) is 5.34. The summed E-state index contributed by atoms with van der Waals surface area (Å²) in [5, 5.41) is 6.27. The van der Waals surface area contributed by atoms with Crippen molar-refractivity contribution in [3.8, 4) is 5.75 Å². The van der Waals surface area contributed by atoms with E-state index in [9.17, 15) is 13.6 Å². The Bertz CT molecular complexity index is 471. The zero-order chi connectivity index (χ0) is 15.2. The number of hydrogen-bond acceptors (Lipinski definition) is 3. The van der Waals surface area contributed by atoms with Crippen molar-refractivity contribution >= 4 is 18.3 Å². The molecule has 2 unspecified atom stereocenters. The fourth-order valence-electron chi connectivity index (χ4n) is 2.41. The van der Waals surface area contributed by atoms with Gasteiger partial charge in [-0.1, -0.05) is 19.1 Å². The van der Waals surface area contributed by atoms with E-state index >= 15 is 0 Å². The van der Waals surface area contributed by atoms with Gasteiger partial charge in [0.1, 0.15) is 5.75 Å². The molecule has 1 amide bonds. The third-order valence-corrected chi connectivity index (χ3v) is 3.69. The predicted molar refractivity (Wildman–Crippen MR) is 82.6 cm³/mol. The summed E-state index contributed by atoms with van der Waals surface area (Å²) >= 11 is 0. The Morgan fingerprint density at radius 1 is 1.41 bits per heavy atom. The fraction of sp³-hybridized carbons (Fsp3) is 0.533. The predicted octanol–water partition coefficient (Wildman–Crippen LogP) is 2.37. The van der Waals surface area contributed by atoms with Crippen LogP contribution in [-0.4, -0.2) is 31.7 Å². The lowest BCUT2D eigenvalue weighted by Crippen LogP contribution is -2.50. The molecule has 1 aliphatic rings. The van der Waals surface area contributed by atoms with E-state index < -0.39 is 6.61 Å². The quantitative estimate of drug-likeness (QED) is 0.869. The molecule has 22 heavy (non-hydrogen) atoms. The van der Waals surface area contributed by atoms with Crippen LogP contribution in [0.4, 0.5) is 8.78 Å². The van der Waals surface area contributed by atoms with Gasteiger partial charge in [0.25, 0.3) is 0 Å². The molecule has 1 aliphatic heterocycles. The number of benzene rings is 1. The Hall–Kier alpha value is -1.40. The highest BCUT2D eigenvalue weighted by molar-refractivity contribution is 5.85. The van der Waals surface area contributed by atoms with Crippen LogP contribution in [-0.2, 0) is 11.2 Å². The van der Waals surface area contributed by atoms with Gasteiger partial charge in [0.2, 0.25) is 5.91 Å². The van der Waals surface area contributed by atoms with Crippen molar-refractivity contribution in [2.24, 2.45) is 5.92 Å². The molecule has 1 heterocycles. The third-order valence-electron chi connectivity index (χ3n) is 3.69. The van der Waals surface area contributed by atoms with Crippen LogP contribution in [0.3, 0.4) is 0 Å². The van der Waals surface area contributed by atoms with Gasteiger partial charge < -0.3 is 15.4 Å². The molecule has 1 fully saturated rings. The molecule has 124 valence electrons. The van der Waals surface area contributed by atoms with Crippen molar-refractivity contribution < 1.29 is 18.3 Å². The summed E-state index contributed by atoms with van der Waals surface area (Å²) in [6, 6.07) is 6.28. The molecular weight excluding hydrogens is 314 g/mol. The Kier molecular flexibility index (Phi) is 7.55. The standard InChI is InChI=1S/C15H20F2N2O2.ClH/c1-10-6-7-18-9-13(10)19-14(20)8-11-2-4-12(5-3-11)21-15(16)17;/h2-5,10,13,15,18H,6-9H2,1H3,(H,19,20);1H. The minimum Gasteiger partial charge on any atom is -0.435 e. The summed E-state index contributed by atoms with van der Waals surface area (Å²) in [5.41, 5.74) is 0.769. The molecule has 1 saturated heterocycles. The van der Waals surface area contributed by atoms with E-state index in [2.05, 4.69) is 22.3 Å². The molecule has 0 bridgehead atoms. The van der Waals surface area contributed by atoms with Crippen molar-refractivity contribution in [1.82, 2.24) is 10.6 Å². The van der Waals surface area contributed by atoms with Gasteiger partial charge in [-0.3, -0.25) is 4.79 Å². The molecular formula is C15H21ClF2N2O2. The van der Waals surface area contributed by atoms with Crippen LogP contribution in [0.15, 0.2) is 24.3 Å². The SMILES string of the molecule is CC1CCNCC1NC(=O)Cc1ccc(OC(F)F)cc1.Cl. The van der Waals surface area contributed by atoms with Gasteiger partial charge in [-0.05, 0) is 36.6 Å². The topological polar surface area (TPSA) is 50.4 Å². The van der Waals surface area contributed by atoms with E-state index in [-0.39, 0.29) is 36.5 Å². The van der Waals surface area contributed by atoms with Crippen LogP contribution >= 0.6 is 12.4 Å². The van der Waals surface area contributed by atoms with Crippen molar-refractivity contribution in [2.45, 2.75) is 32.4 Å². The fourth-order valence-corrected chi connectivity index (χ4v) is 2.41. The van der Waals surface area contributed by atoms with E-state index in [1.54, 1.807) is 12.1 Å². The average molecular weight is 335 g/mol. The van der Waals surface area contributed by atoms with Crippen molar-refractivity contribution in [2.75, 3.05) is 13.1 Å². The molecule has 0 saturated carbocycles. The summed E-state index contributed by atoms with van der Waals surface area (Å²) in [7, 11) is 0. The molecule has 7 heteroatoms. The molecule has 2 N–H and O–H groups in total. The van der Waals surface area contributed by atoms with Gasteiger partial charge >= 0.3 is 6.61 Å². The normalized spacial score (nSPS) is 21.1. The second-order valence-corrected chi connectivity index (χ2v) is 5.34. The minimum atomic E-state index is -2.83. The maximum Gasteiger partial charge on any atom is 0.387 e. The van der Waals surface area contributed by atoms with Crippen molar-refractivity contribution in [3.63, 3.8) is 0 Å². The summed E-state index contributed by atoms with van der Waals surface area (Å²) in [6.07, 6.45) is 1.28. The van der Waals surface area contributed by atoms with Crippen LogP contribution in [0.25, 0.3) is 0 Å². The first-order valence-electron chi connectivity index (χ1n) is 7.08. The third kappa shape index (κ3) is 5.77. The first kappa shape index (κ1) is 18.6. The van der Waals surface area contributed by atoms with Gasteiger partial charge in [-0.2, -0.15) is 8.78 Å². The van der Waals surface area contributed by atoms with Crippen molar-refractivity contribution in [3.05, 3.63) is 29.8 Å². The number of carbonyl (C=O) groups is 1. The maximum atomic E-state index is 12.0. The highest BCUT2D eigenvalue weighted by Gasteiger charge is 2.22. The maximum absolute atomic E-state index is 12.0. The number of rotatable bonds is 5. The molecule has 4 nitrogen and oxygen atoms in total. The first-order valence-corrected chi connectivity index (χ1v) is 7.08. The lowest BCUT2D eigenvalue weighted by Gasteiger charge is -2.30. The smallest absolute Gasteiger partial charge is 0.387 e. The zero-order valence-electron chi connectivity index (χ0n) is 12.4. The monoisotopic (exact) mass is 334 g/mol. The Morgan fingerprint density at radius 2 is 2.09 bits per heavy atom. The van der Waals surface area contributed by atoms with Crippen LogP contribution in [0, 0.1) is 5.92 Å². The molecule has 0 aliphatic carbocycles. The number of alkyl halides is 2. The highest BCUT2D eigenvalue weighted by atomic mass is 35.5. The van der Waals surface area contributed by atoms with Crippen molar-refractivity contribution in [1.29, 1.82) is 0 Å². The Labute approximate surface area is 135 Å². The number of carbonyl (C=O) groups excluding carboxylic acids is 1. The van der Waals surface area contributed by atoms with Gasteiger partial charge in [0.15, 0.2) is 0 Å². The Balaban J connectivity index is 0.00000242. The summed E-state index contributed by atoms with van der Waals surface area (Å²) < 4.78 is 28.3. The first-order chi connectivity index (χ1) is 10.0. The lowest BCUT2D eigenvalue weighted by molar-refractivity contribution is -0.121. The molecule has 2 rings (SSSR count). The number of ether oxygens (including phenoxy) is 1. The Morgan fingerprint density at radius 3 is 2.68 bits per heavy atom. The number of halogens is 3. The van der Waals surface area contributed by atoms with E-state index in [1.807, 2.05) is 0 Å². The molecule has 2 atom stereocenters. The summed E-state index contributed by atoms with van der Waals surface area (Å²) in [6.45, 7) is 1.06. The average Bonchev–Trinajstić information content (AvgIpc) is 2.43. The highest BCUT2D eigenvalue weighted by Crippen LogP contribution is 2.16. The zero-order valence-corrected chi connectivity index (χ0v) is 13.2. The van der Waals surface area contributed by atoms with Gasteiger partial charge in [-0.15, -0.1) is 12.4 Å². The molecule has 1 aromatic carbocycles. The molecule has 1 aromatic rings. The number of nitrogens with one attached hydrogen (secondary N) is 2. The van der Waals surface area contributed by atoms with E-state index in [4.69, 9.17) is 0 Å². The minimum absolute atomic E-state index is 0. The van der Waals surface area contributed by atoms with Crippen LogP contribution in [0.2, 0.25) is 0 Å². The lowest BCUT2D eigenvalue weighted by atomic mass is 9.94. The van der Waals surface area contributed by atoms with Crippen LogP contribution in [0.5, 0.6) is 5.75 Å². The van der Waals surface area contributed by atoms with E-state index in [0.717, 1.165) is 25.1 Å². The number of piperidine rings is 1. The number of hydrogen-bond donors (Lipinski definition) is 2. The molecule has 0 aromatic heterocycles. The van der Waals surface area contributed by atoms with Crippen LogP contribution < -0.4 is 15.4 Å².